The van der Waals surface area contributed by atoms with Gasteiger partial charge >= 0.3 is 0 Å². The van der Waals surface area contributed by atoms with E-state index in [0.29, 0.717) is 11.6 Å². The molecule has 1 aliphatic carbocycles. The molecule has 2 rings (SSSR count). The van der Waals surface area contributed by atoms with Crippen LogP contribution in [0.15, 0.2) is 11.6 Å². The van der Waals surface area contributed by atoms with Crippen LogP contribution in [0.1, 0.15) is 80.6 Å². The summed E-state index contributed by atoms with van der Waals surface area (Å²) in [5.74, 6) is -0.156. The number of hydrogen-bond donors (Lipinski definition) is 2. The molecule has 0 radical (unpaired) electrons. The molecule has 3 amide bonds. The molecule has 1 unspecified atom stereocenters. The molecule has 7 heteroatoms. The van der Waals surface area contributed by atoms with Crippen LogP contribution < -0.4 is 10.6 Å². The van der Waals surface area contributed by atoms with Crippen molar-refractivity contribution in [2.75, 3.05) is 13.6 Å². The average Bonchev–Trinajstić information content (AvgIpc) is 3.57. The summed E-state index contributed by atoms with van der Waals surface area (Å²) in [6.45, 7) is 15.0. The Morgan fingerprint density at radius 1 is 0.970 bits per heavy atom. The van der Waals surface area contributed by atoms with Crippen LogP contribution in [-0.2, 0) is 14.4 Å². The van der Waals surface area contributed by atoms with Gasteiger partial charge in [-0.2, -0.15) is 0 Å². The summed E-state index contributed by atoms with van der Waals surface area (Å²) in [6.07, 6.45) is 6.93. The van der Waals surface area contributed by atoms with E-state index in [9.17, 15) is 14.4 Å². The van der Waals surface area contributed by atoms with E-state index in [1.54, 1.807) is 18.9 Å². The molecule has 1 saturated heterocycles. The zero-order chi connectivity index (χ0) is 24.9. The molecule has 0 spiro atoms. The van der Waals surface area contributed by atoms with Gasteiger partial charge in [0.2, 0.25) is 17.7 Å². The van der Waals surface area contributed by atoms with Gasteiger partial charge in [-0.3, -0.25) is 19.3 Å². The van der Waals surface area contributed by atoms with Gasteiger partial charge in [0.05, 0.1) is 12.1 Å². The SMILES string of the molecule is C/C(=C\[C@H](C(C)C)N(C)C(=O)[C@@H](NC(=O)C1CCCCN1C(C)C)C(C)C)C(=O)NC1CC1. The molecule has 7 nitrogen and oxygen atoms in total. The Morgan fingerprint density at radius 3 is 2.12 bits per heavy atom. The summed E-state index contributed by atoms with van der Waals surface area (Å²) < 4.78 is 0. The predicted molar refractivity (Wildman–Crippen MR) is 133 cm³/mol. The van der Waals surface area contributed by atoms with E-state index >= 15 is 0 Å². The van der Waals surface area contributed by atoms with E-state index in [4.69, 9.17) is 0 Å². The van der Waals surface area contributed by atoms with Gasteiger partial charge in [0.15, 0.2) is 0 Å². The number of carbonyl (C=O) groups is 3. The molecule has 1 saturated carbocycles. The third-order valence-electron chi connectivity index (χ3n) is 6.91. The van der Waals surface area contributed by atoms with Crippen molar-refractivity contribution < 1.29 is 14.4 Å². The number of rotatable bonds is 10. The van der Waals surface area contributed by atoms with E-state index in [-0.39, 0.29) is 47.7 Å². The van der Waals surface area contributed by atoms with E-state index in [2.05, 4.69) is 29.4 Å². The van der Waals surface area contributed by atoms with Gasteiger partial charge in [-0.05, 0) is 64.8 Å². The van der Waals surface area contributed by atoms with Crippen molar-refractivity contribution in [2.45, 2.75) is 111 Å². The van der Waals surface area contributed by atoms with Gasteiger partial charge in [0, 0.05) is 24.7 Å². The first-order chi connectivity index (χ1) is 15.4. The van der Waals surface area contributed by atoms with Crippen LogP contribution in [0, 0.1) is 11.8 Å². The summed E-state index contributed by atoms with van der Waals surface area (Å²) in [6, 6.07) is -0.441. The maximum atomic E-state index is 13.6. The Labute approximate surface area is 200 Å². The molecule has 1 heterocycles. The number of carbonyl (C=O) groups excluding carboxylic acids is 3. The monoisotopic (exact) mass is 462 g/mol. The fraction of sp³-hybridized carbons (Fsp3) is 0.808. The topological polar surface area (TPSA) is 81.8 Å². The molecule has 2 aliphatic rings. The molecular weight excluding hydrogens is 416 g/mol. The van der Waals surface area contributed by atoms with E-state index in [1.807, 2.05) is 33.8 Å². The van der Waals surface area contributed by atoms with Gasteiger partial charge in [0.1, 0.15) is 6.04 Å². The Kier molecular flexibility index (Phi) is 9.95. The van der Waals surface area contributed by atoms with Crippen LogP contribution in [0.25, 0.3) is 0 Å². The fourth-order valence-corrected chi connectivity index (χ4v) is 4.59. The zero-order valence-electron chi connectivity index (χ0n) is 22.0. The highest BCUT2D eigenvalue weighted by molar-refractivity contribution is 5.93. The van der Waals surface area contributed by atoms with Crippen LogP contribution in [0.4, 0.5) is 0 Å². The second-order valence-electron chi connectivity index (χ2n) is 10.9. The summed E-state index contributed by atoms with van der Waals surface area (Å²) in [5, 5.41) is 6.09. The van der Waals surface area contributed by atoms with E-state index < -0.39 is 6.04 Å². The lowest BCUT2D eigenvalue weighted by Crippen LogP contribution is -2.58. The molecule has 0 bridgehead atoms. The van der Waals surface area contributed by atoms with Gasteiger partial charge in [-0.25, -0.2) is 0 Å². The summed E-state index contributed by atoms with van der Waals surface area (Å²) in [5.41, 5.74) is 0.625. The van der Waals surface area contributed by atoms with Crippen molar-refractivity contribution in [3.63, 3.8) is 0 Å². The highest BCUT2D eigenvalue weighted by Gasteiger charge is 2.36. The van der Waals surface area contributed by atoms with Gasteiger partial charge < -0.3 is 15.5 Å². The Morgan fingerprint density at radius 2 is 1.61 bits per heavy atom. The lowest BCUT2D eigenvalue weighted by molar-refractivity contribution is -0.140. The molecule has 2 fully saturated rings. The predicted octanol–water partition coefficient (Wildman–Crippen LogP) is 3.10. The zero-order valence-corrected chi connectivity index (χ0v) is 22.0. The minimum Gasteiger partial charge on any atom is -0.350 e. The number of likely N-dealkylation sites (tertiary alicyclic amines) is 1. The van der Waals surface area contributed by atoms with Crippen molar-refractivity contribution in [3.8, 4) is 0 Å². The quantitative estimate of drug-likeness (QED) is 0.489. The minimum absolute atomic E-state index is 0.0453. The molecule has 1 aliphatic heterocycles. The second kappa shape index (κ2) is 12.0. The fourth-order valence-electron chi connectivity index (χ4n) is 4.59. The Bertz CT molecular complexity index is 727. The highest BCUT2D eigenvalue weighted by Crippen LogP contribution is 2.22. The van der Waals surface area contributed by atoms with Gasteiger partial charge in [0.25, 0.3) is 0 Å². The van der Waals surface area contributed by atoms with Gasteiger partial charge in [-0.15, -0.1) is 0 Å². The lowest BCUT2D eigenvalue weighted by atomic mass is 9.95. The minimum atomic E-state index is -0.603. The van der Waals surface area contributed by atoms with Crippen LogP contribution in [-0.4, -0.2) is 71.3 Å². The first-order valence-corrected chi connectivity index (χ1v) is 12.8. The van der Waals surface area contributed by atoms with E-state index in [1.165, 1.54) is 0 Å². The van der Waals surface area contributed by atoms with Gasteiger partial charge in [-0.1, -0.05) is 40.2 Å². The normalized spacial score (nSPS) is 21.8. The summed E-state index contributed by atoms with van der Waals surface area (Å²) in [4.78, 5) is 43.2. The molecule has 0 aromatic heterocycles. The molecule has 3 atom stereocenters. The van der Waals surface area contributed by atoms with E-state index in [0.717, 1.165) is 38.6 Å². The lowest BCUT2D eigenvalue weighted by Gasteiger charge is -2.39. The first kappa shape index (κ1) is 27.4. The third-order valence-corrected chi connectivity index (χ3v) is 6.91. The van der Waals surface area contributed by atoms with Crippen LogP contribution >= 0.6 is 0 Å². The highest BCUT2D eigenvalue weighted by atomic mass is 16.2. The molecular formula is C26H46N4O3. The van der Waals surface area contributed by atoms with Crippen molar-refractivity contribution in [1.82, 2.24) is 20.4 Å². The van der Waals surface area contributed by atoms with Crippen LogP contribution in [0.2, 0.25) is 0 Å². The number of nitrogens with zero attached hydrogens (tertiary/aromatic N) is 2. The molecule has 188 valence electrons. The summed E-state index contributed by atoms with van der Waals surface area (Å²) >= 11 is 0. The Hall–Kier alpha value is -1.89. The third kappa shape index (κ3) is 7.56. The first-order valence-electron chi connectivity index (χ1n) is 12.8. The number of amides is 3. The van der Waals surface area contributed by atoms with Crippen molar-refractivity contribution >= 4 is 17.7 Å². The Balaban J connectivity index is 2.14. The second-order valence-corrected chi connectivity index (χ2v) is 10.9. The van der Waals surface area contributed by atoms with Crippen molar-refractivity contribution in [3.05, 3.63) is 11.6 Å². The van der Waals surface area contributed by atoms with Crippen molar-refractivity contribution in [2.24, 2.45) is 11.8 Å². The summed E-state index contributed by atoms with van der Waals surface area (Å²) in [7, 11) is 1.78. The number of piperidine rings is 1. The van der Waals surface area contributed by atoms with Crippen LogP contribution in [0.5, 0.6) is 0 Å². The molecule has 0 aromatic rings. The maximum Gasteiger partial charge on any atom is 0.246 e. The van der Waals surface area contributed by atoms with Crippen molar-refractivity contribution in [1.29, 1.82) is 0 Å². The smallest absolute Gasteiger partial charge is 0.246 e. The molecule has 33 heavy (non-hydrogen) atoms. The average molecular weight is 463 g/mol. The van der Waals surface area contributed by atoms with Crippen LogP contribution in [0.3, 0.4) is 0 Å². The number of hydrogen-bond acceptors (Lipinski definition) is 4. The molecule has 0 aromatic carbocycles. The number of likely N-dealkylation sites (N-methyl/N-ethyl adjacent to an activating group) is 1. The molecule has 2 N–H and O–H groups in total. The standard InChI is InChI=1S/C26H46N4O3/c1-16(2)22(15-19(7)24(31)27-20-12-13-20)29(8)26(33)23(17(3)4)28-25(32)21-11-9-10-14-30(21)18(5)6/h15-18,20-23H,9-14H2,1-8H3,(H,27,31)(H,28,32)/b19-15+/t21?,22-,23+/m1/s1. The number of nitrogens with one attached hydrogen (secondary N) is 2. The maximum absolute atomic E-state index is 13.6. The largest absolute Gasteiger partial charge is 0.350 e.